The predicted molar refractivity (Wildman–Crippen MR) is 124 cm³/mol. The first-order valence-electron chi connectivity index (χ1n) is 12.3. The van der Waals surface area contributed by atoms with Gasteiger partial charge in [0, 0.05) is 17.4 Å². The summed E-state index contributed by atoms with van der Waals surface area (Å²) in [6, 6.07) is 15.6. The van der Waals surface area contributed by atoms with E-state index in [1.165, 1.54) is 11.1 Å². The van der Waals surface area contributed by atoms with Gasteiger partial charge in [0.25, 0.3) is 5.91 Å². The molecule has 5 atom stereocenters. The van der Waals surface area contributed by atoms with Crippen LogP contribution in [-0.4, -0.2) is 57.3 Å². The third-order valence-electron chi connectivity index (χ3n) is 9.63. The van der Waals surface area contributed by atoms with Crippen molar-refractivity contribution in [3.63, 3.8) is 0 Å². The lowest BCUT2D eigenvalue weighted by Gasteiger charge is -2.63. The van der Waals surface area contributed by atoms with Crippen molar-refractivity contribution in [2.24, 2.45) is 0 Å². The lowest BCUT2D eigenvalue weighted by Crippen LogP contribution is -2.76. The number of aromatic hydroxyl groups is 1. The number of carbonyl (C=O) groups excluding carboxylic acids is 2. The van der Waals surface area contributed by atoms with Crippen molar-refractivity contribution >= 4 is 11.9 Å². The van der Waals surface area contributed by atoms with Gasteiger partial charge in [-0.05, 0) is 73.9 Å². The largest absolute Gasteiger partial charge is 0.508 e. The van der Waals surface area contributed by atoms with E-state index in [4.69, 9.17) is 0 Å². The third kappa shape index (κ3) is 2.29. The maximum Gasteiger partial charge on any atom is 0.322 e. The molecule has 34 heavy (non-hydrogen) atoms. The van der Waals surface area contributed by atoms with Gasteiger partial charge in [0.1, 0.15) is 11.3 Å². The smallest absolute Gasteiger partial charge is 0.322 e. The molecule has 3 aliphatic carbocycles. The molecule has 1 unspecified atom stereocenters. The molecule has 3 spiro atoms. The molecular formula is C27H29N3O4. The molecule has 2 heterocycles. The fraction of sp³-hybridized carbons (Fsp3) is 0.481. The number of phenolic OH excluding ortho intramolecular Hbond substituents is 1. The van der Waals surface area contributed by atoms with E-state index in [-0.39, 0.29) is 23.1 Å². The summed E-state index contributed by atoms with van der Waals surface area (Å²) < 4.78 is 0. The molecule has 2 saturated heterocycles. The minimum Gasteiger partial charge on any atom is -0.508 e. The number of imide groups is 1. The molecule has 7 nitrogen and oxygen atoms in total. The average Bonchev–Trinajstić information content (AvgIpc) is 3.30. The zero-order valence-electron chi connectivity index (χ0n) is 19.0. The number of phenols is 1. The molecule has 3 amide bonds. The molecule has 0 aromatic heterocycles. The number of nitrogens with one attached hydrogen (secondary N) is 2. The van der Waals surface area contributed by atoms with Crippen LogP contribution >= 0.6 is 0 Å². The number of amides is 3. The van der Waals surface area contributed by atoms with Crippen molar-refractivity contribution < 1.29 is 19.8 Å². The van der Waals surface area contributed by atoms with E-state index in [0.717, 1.165) is 37.9 Å². The van der Waals surface area contributed by atoms with Gasteiger partial charge in [0.2, 0.25) is 0 Å². The first-order chi connectivity index (χ1) is 16.3. The summed E-state index contributed by atoms with van der Waals surface area (Å²) in [5, 5.41) is 28.1. The van der Waals surface area contributed by atoms with E-state index in [0.29, 0.717) is 19.3 Å². The van der Waals surface area contributed by atoms with Crippen LogP contribution in [0.15, 0.2) is 48.5 Å². The standard InChI is InChI=1S/C27H29N3O4/c31-18-8-9-19-20(13-18)25-14-24(19)16-30(12-4-7-17-5-2-1-3-6-17)21(24)27(25,34)11-10-26(15-25)22(32)28-23(33)29-26/h1-3,5-6,8-9,13,21,31,34H,4,7,10-12,14-16H2,(H2,28,29,32,33)/t21-,24?,25-,26+,27-/m1/s1. The predicted octanol–water partition coefficient (Wildman–Crippen LogP) is 2.10. The molecule has 4 fully saturated rings. The Morgan fingerprint density at radius 3 is 2.62 bits per heavy atom. The summed E-state index contributed by atoms with van der Waals surface area (Å²) in [6.07, 6.45) is 3.99. The van der Waals surface area contributed by atoms with Crippen molar-refractivity contribution in [2.75, 3.05) is 13.1 Å². The molecule has 176 valence electrons. The van der Waals surface area contributed by atoms with Gasteiger partial charge in [-0.1, -0.05) is 36.4 Å². The lowest BCUT2D eigenvalue weighted by molar-refractivity contribution is -0.159. The summed E-state index contributed by atoms with van der Waals surface area (Å²) in [6.45, 7) is 1.79. The minimum atomic E-state index is -1.00. The molecule has 2 aliphatic heterocycles. The van der Waals surface area contributed by atoms with E-state index in [9.17, 15) is 19.8 Å². The number of rotatable bonds is 4. The van der Waals surface area contributed by atoms with Crippen molar-refractivity contribution in [1.82, 2.24) is 15.5 Å². The summed E-state index contributed by atoms with van der Waals surface area (Å²) in [4.78, 5) is 27.4. The second kappa shape index (κ2) is 6.40. The Hall–Kier alpha value is -2.90. The normalized spacial score (nSPS) is 39.3. The molecule has 2 aromatic rings. The first kappa shape index (κ1) is 20.5. The number of aryl methyl sites for hydroxylation is 1. The molecule has 2 aromatic carbocycles. The molecule has 5 aliphatic rings. The van der Waals surface area contributed by atoms with E-state index in [1.807, 2.05) is 12.1 Å². The Balaban J connectivity index is 1.25. The Morgan fingerprint density at radius 1 is 1.03 bits per heavy atom. The van der Waals surface area contributed by atoms with Crippen molar-refractivity contribution in [3.05, 3.63) is 65.2 Å². The highest BCUT2D eigenvalue weighted by atomic mass is 16.3. The van der Waals surface area contributed by atoms with Gasteiger partial charge in [-0.3, -0.25) is 15.0 Å². The van der Waals surface area contributed by atoms with Crippen LogP contribution in [0.25, 0.3) is 0 Å². The lowest BCUT2D eigenvalue weighted by atomic mass is 9.52. The van der Waals surface area contributed by atoms with Crippen LogP contribution < -0.4 is 10.6 Å². The van der Waals surface area contributed by atoms with Gasteiger partial charge in [-0.25, -0.2) is 4.79 Å². The van der Waals surface area contributed by atoms with E-state index >= 15 is 0 Å². The van der Waals surface area contributed by atoms with Crippen LogP contribution in [0.2, 0.25) is 0 Å². The third-order valence-corrected chi connectivity index (χ3v) is 9.63. The number of hydrogen-bond donors (Lipinski definition) is 4. The highest BCUT2D eigenvalue weighted by Gasteiger charge is 2.82. The fourth-order valence-corrected chi connectivity index (χ4v) is 8.52. The van der Waals surface area contributed by atoms with Gasteiger partial charge in [0.15, 0.2) is 0 Å². The van der Waals surface area contributed by atoms with Crippen LogP contribution in [0.4, 0.5) is 4.79 Å². The maximum atomic E-state index is 12.9. The fourth-order valence-electron chi connectivity index (χ4n) is 8.52. The molecule has 7 rings (SSSR count). The molecule has 0 radical (unpaired) electrons. The van der Waals surface area contributed by atoms with Crippen LogP contribution in [0.5, 0.6) is 5.75 Å². The van der Waals surface area contributed by atoms with Crippen LogP contribution in [-0.2, 0) is 22.0 Å². The second-order valence-electron chi connectivity index (χ2n) is 11.2. The zero-order chi connectivity index (χ0) is 23.3. The van der Waals surface area contributed by atoms with E-state index in [1.54, 1.807) is 12.1 Å². The Labute approximate surface area is 198 Å². The topological polar surface area (TPSA) is 102 Å². The number of carbonyl (C=O) groups is 2. The van der Waals surface area contributed by atoms with Gasteiger partial charge in [-0.2, -0.15) is 0 Å². The minimum absolute atomic E-state index is 0.00895. The number of urea groups is 1. The van der Waals surface area contributed by atoms with Crippen LogP contribution in [0.1, 0.15) is 48.8 Å². The van der Waals surface area contributed by atoms with Crippen LogP contribution in [0, 0.1) is 0 Å². The summed E-state index contributed by atoms with van der Waals surface area (Å²) in [5.41, 5.74) is 0.632. The quantitative estimate of drug-likeness (QED) is 0.525. The number of fused-ring (bicyclic) bond motifs is 2. The molecule has 4 N–H and O–H groups in total. The monoisotopic (exact) mass is 459 g/mol. The molecular weight excluding hydrogens is 430 g/mol. The number of aliphatic hydroxyl groups is 1. The second-order valence-corrected chi connectivity index (χ2v) is 11.2. The Kier molecular flexibility index (Phi) is 3.85. The number of nitrogens with zero attached hydrogens (tertiary/aromatic N) is 1. The van der Waals surface area contributed by atoms with Gasteiger partial charge in [-0.15, -0.1) is 0 Å². The molecule has 7 heteroatoms. The summed E-state index contributed by atoms with van der Waals surface area (Å²) in [5.74, 6) is -0.120. The first-order valence-corrected chi connectivity index (χ1v) is 12.3. The zero-order valence-corrected chi connectivity index (χ0v) is 19.0. The highest BCUT2D eigenvalue weighted by Crippen LogP contribution is 2.74. The van der Waals surface area contributed by atoms with Crippen LogP contribution in [0.3, 0.4) is 0 Å². The van der Waals surface area contributed by atoms with Crippen molar-refractivity contribution in [3.8, 4) is 5.75 Å². The molecule has 2 bridgehead atoms. The number of benzene rings is 2. The maximum absolute atomic E-state index is 12.9. The SMILES string of the molecule is O=C1NC(=O)[C@@]2(CC[C@@]3(O)[C@@H]4N(CCCc5ccccc5)CC45C[C@@]3(C2)c2cc(O)ccc25)N1. The van der Waals surface area contributed by atoms with Crippen molar-refractivity contribution in [2.45, 2.75) is 66.5 Å². The van der Waals surface area contributed by atoms with E-state index in [2.05, 4.69) is 39.8 Å². The number of hydrogen-bond acceptors (Lipinski definition) is 5. The van der Waals surface area contributed by atoms with Gasteiger partial charge >= 0.3 is 6.03 Å². The average molecular weight is 460 g/mol. The summed E-state index contributed by atoms with van der Waals surface area (Å²) in [7, 11) is 0. The highest BCUT2D eigenvalue weighted by molar-refractivity contribution is 6.07. The summed E-state index contributed by atoms with van der Waals surface area (Å²) >= 11 is 0. The van der Waals surface area contributed by atoms with Crippen molar-refractivity contribution in [1.29, 1.82) is 0 Å². The Bertz CT molecular complexity index is 1230. The molecule has 2 saturated carbocycles. The van der Waals surface area contributed by atoms with E-state index < -0.39 is 22.6 Å². The number of likely N-dealkylation sites (tertiary alicyclic amines) is 1. The van der Waals surface area contributed by atoms with Gasteiger partial charge in [0.05, 0.1) is 11.6 Å². The Morgan fingerprint density at radius 2 is 1.85 bits per heavy atom. The van der Waals surface area contributed by atoms with Gasteiger partial charge < -0.3 is 15.5 Å².